The average molecular weight is 218 g/mol. The minimum absolute atomic E-state index is 0.819. The quantitative estimate of drug-likeness (QED) is 0.684. The third-order valence-corrected chi connectivity index (χ3v) is 1.95. The van der Waals surface area contributed by atoms with Gasteiger partial charge >= 0.3 is 0 Å². The molecule has 2 aromatic carbocycles. The molecule has 0 unspecified atom stereocenters. The number of hydrogen-bond acceptors (Lipinski definition) is 1. The Bertz CT molecular complexity index is 301. The second kappa shape index (κ2) is 10.2. The first-order valence-corrected chi connectivity index (χ1v) is 5.81. The Kier molecular flexibility index (Phi) is 9.33. The van der Waals surface area contributed by atoms with Crippen molar-refractivity contribution in [2.75, 3.05) is 13.7 Å². The van der Waals surface area contributed by atoms with E-state index in [-0.39, 0.29) is 0 Å². The number of hydrogen-bond donors (Lipinski definition) is 0. The van der Waals surface area contributed by atoms with Gasteiger partial charge in [-0.2, -0.15) is 0 Å². The summed E-state index contributed by atoms with van der Waals surface area (Å²) < 4.78 is 4.54. The van der Waals surface area contributed by atoms with Gasteiger partial charge in [-0.25, -0.2) is 0 Å². The van der Waals surface area contributed by atoms with Crippen molar-refractivity contribution in [3.8, 4) is 0 Å². The molecule has 0 bridgehead atoms. The SMILES string of the molecule is CC.CCOC.c1ccc2ccccc2c1. The molecule has 0 aromatic heterocycles. The fraction of sp³-hybridized carbons (Fsp3) is 0.333. The van der Waals surface area contributed by atoms with Crippen LogP contribution in [0.15, 0.2) is 48.5 Å². The van der Waals surface area contributed by atoms with Crippen LogP contribution >= 0.6 is 0 Å². The zero-order valence-corrected chi connectivity index (χ0v) is 10.7. The van der Waals surface area contributed by atoms with Crippen molar-refractivity contribution in [3.05, 3.63) is 48.5 Å². The molecule has 0 saturated heterocycles. The van der Waals surface area contributed by atoms with Crippen molar-refractivity contribution in [1.29, 1.82) is 0 Å². The summed E-state index contributed by atoms with van der Waals surface area (Å²) in [6, 6.07) is 16.7. The van der Waals surface area contributed by atoms with Crippen molar-refractivity contribution >= 4 is 10.8 Å². The smallest absolute Gasteiger partial charge is 0.0433 e. The predicted octanol–water partition coefficient (Wildman–Crippen LogP) is 4.52. The highest BCUT2D eigenvalue weighted by Crippen LogP contribution is 2.11. The Morgan fingerprint density at radius 3 is 1.25 bits per heavy atom. The van der Waals surface area contributed by atoms with E-state index in [1.165, 1.54) is 10.8 Å². The van der Waals surface area contributed by atoms with Gasteiger partial charge in [-0.1, -0.05) is 62.4 Å². The number of ether oxygens (including phenoxy) is 1. The van der Waals surface area contributed by atoms with Gasteiger partial charge in [0.15, 0.2) is 0 Å². The molecule has 88 valence electrons. The summed E-state index contributed by atoms with van der Waals surface area (Å²) in [6.45, 7) is 6.78. The minimum atomic E-state index is 0.819. The second-order valence-corrected chi connectivity index (χ2v) is 2.92. The van der Waals surface area contributed by atoms with Gasteiger partial charge < -0.3 is 4.74 Å². The maximum Gasteiger partial charge on any atom is 0.0433 e. The van der Waals surface area contributed by atoms with Crippen LogP contribution in [-0.2, 0) is 4.74 Å². The first kappa shape index (κ1) is 14.7. The van der Waals surface area contributed by atoms with E-state index in [4.69, 9.17) is 0 Å². The third kappa shape index (κ3) is 5.52. The second-order valence-electron chi connectivity index (χ2n) is 2.92. The van der Waals surface area contributed by atoms with Gasteiger partial charge in [0.1, 0.15) is 0 Å². The summed E-state index contributed by atoms with van der Waals surface area (Å²) in [5.74, 6) is 0. The molecule has 0 aliphatic carbocycles. The summed E-state index contributed by atoms with van der Waals surface area (Å²) in [4.78, 5) is 0. The van der Waals surface area contributed by atoms with E-state index >= 15 is 0 Å². The highest BCUT2D eigenvalue weighted by atomic mass is 16.5. The van der Waals surface area contributed by atoms with Gasteiger partial charge in [0.05, 0.1) is 0 Å². The Hall–Kier alpha value is -1.34. The number of benzene rings is 2. The van der Waals surface area contributed by atoms with Gasteiger partial charge in [0, 0.05) is 13.7 Å². The van der Waals surface area contributed by atoms with Crippen molar-refractivity contribution < 1.29 is 4.74 Å². The molecule has 1 heteroatoms. The van der Waals surface area contributed by atoms with Crippen LogP contribution in [0.25, 0.3) is 10.8 Å². The lowest BCUT2D eigenvalue weighted by molar-refractivity contribution is 0.215. The molecule has 0 spiro atoms. The van der Waals surface area contributed by atoms with Crippen LogP contribution in [0.5, 0.6) is 0 Å². The molecule has 1 nitrogen and oxygen atoms in total. The topological polar surface area (TPSA) is 9.23 Å². The third-order valence-electron chi connectivity index (χ3n) is 1.95. The van der Waals surface area contributed by atoms with E-state index < -0.39 is 0 Å². The van der Waals surface area contributed by atoms with E-state index in [0.717, 1.165) is 6.61 Å². The van der Waals surface area contributed by atoms with Gasteiger partial charge in [-0.05, 0) is 17.7 Å². The summed E-state index contributed by atoms with van der Waals surface area (Å²) in [7, 11) is 1.68. The predicted molar refractivity (Wildman–Crippen MR) is 72.8 cm³/mol. The molecule has 0 aliphatic heterocycles. The Labute approximate surface area is 99.1 Å². The van der Waals surface area contributed by atoms with E-state index in [0.29, 0.717) is 0 Å². The molecule has 0 heterocycles. The van der Waals surface area contributed by atoms with Crippen LogP contribution in [-0.4, -0.2) is 13.7 Å². The Morgan fingerprint density at radius 2 is 1.06 bits per heavy atom. The van der Waals surface area contributed by atoms with Crippen molar-refractivity contribution in [2.24, 2.45) is 0 Å². The van der Waals surface area contributed by atoms with Gasteiger partial charge in [-0.15, -0.1) is 0 Å². The molecule has 2 aromatic rings. The molecule has 0 fully saturated rings. The van der Waals surface area contributed by atoms with Crippen molar-refractivity contribution in [2.45, 2.75) is 20.8 Å². The largest absolute Gasteiger partial charge is 0.385 e. The molecule has 0 N–H and O–H groups in total. The highest BCUT2D eigenvalue weighted by molar-refractivity contribution is 5.81. The van der Waals surface area contributed by atoms with Crippen LogP contribution in [0.4, 0.5) is 0 Å². The zero-order valence-electron chi connectivity index (χ0n) is 10.7. The maximum atomic E-state index is 4.54. The highest BCUT2D eigenvalue weighted by Gasteiger charge is 1.85. The summed E-state index contributed by atoms with van der Waals surface area (Å²) in [6.07, 6.45) is 0. The fourth-order valence-electron chi connectivity index (χ4n) is 1.13. The molecule has 0 saturated carbocycles. The normalized spacial score (nSPS) is 8.50. The van der Waals surface area contributed by atoms with E-state index in [1.807, 2.05) is 20.8 Å². The van der Waals surface area contributed by atoms with E-state index in [2.05, 4.69) is 53.3 Å². The fourth-order valence-corrected chi connectivity index (χ4v) is 1.13. The summed E-state index contributed by atoms with van der Waals surface area (Å²) in [5.41, 5.74) is 0. The molecule has 0 radical (unpaired) electrons. The minimum Gasteiger partial charge on any atom is -0.385 e. The standard InChI is InChI=1S/C10H8.C3H8O.C2H6/c1-2-6-10-8-4-3-7-9(10)5-1;1-3-4-2;1-2/h1-8H;3H2,1-2H3;1-2H3. The molecule has 16 heavy (non-hydrogen) atoms. The number of fused-ring (bicyclic) bond motifs is 1. The lowest BCUT2D eigenvalue weighted by Crippen LogP contribution is -1.73. The molecular formula is C15H22O. The van der Waals surface area contributed by atoms with Crippen LogP contribution < -0.4 is 0 Å². The molecule has 2 rings (SSSR count). The Morgan fingerprint density at radius 1 is 0.812 bits per heavy atom. The number of rotatable bonds is 1. The lowest BCUT2D eigenvalue weighted by atomic mass is 10.1. The Balaban J connectivity index is 0.000000323. The van der Waals surface area contributed by atoms with Crippen LogP contribution in [0.3, 0.4) is 0 Å². The molecule has 0 atom stereocenters. The number of methoxy groups -OCH3 is 1. The van der Waals surface area contributed by atoms with Crippen LogP contribution in [0, 0.1) is 0 Å². The molecule has 0 amide bonds. The molecule has 0 aliphatic rings. The van der Waals surface area contributed by atoms with Crippen LogP contribution in [0.2, 0.25) is 0 Å². The first-order valence-electron chi connectivity index (χ1n) is 5.81. The zero-order chi connectivity index (χ0) is 12.2. The average Bonchev–Trinajstić information content (AvgIpc) is 2.41. The first-order chi connectivity index (χ1) is 7.88. The van der Waals surface area contributed by atoms with E-state index in [9.17, 15) is 0 Å². The monoisotopic (exact) mass is 218 g/mol. The van der Waals surface area contributed by atoms with Gasteiger partial charge in [0.25, 0.3) is 0 Å². The van der Waals surface area contributed by atoms with Crippen LogP contribution in [0.1, 0.15) is 20.8 Å². The summed E-state index contributed by atoms with van der Waals surface area (Å²) in [5, 5.41) is 2.62. The lowest BCUT2D eigenvalue weighted by Gasteiger charge is -1.92. The maximum absolute atomic E-state index is 4.54. The summed E-state index contributed by atoms with van der Waals surface area (Å²) >= 11 is 0. The molecular weight excluding hydrogens is 196 g/mol. The van der Waals surface area contributed by atoms with Crippen molar-refractivity contribution in [1.82, 2.24) is 0 Å². The van der Waals surface area contributed by atoms with Gasteiger partial charge in [-0.3, -0.25) is 0 Å². The van der Waals surface area contributed by atoms with Gasteiger partial charge in [0.2, 0.25) is 0 Å². The van der Waals surface area contributed by atoms with Crippen molar-refractivity contribution in [3.63, 3.8) is 0 Å². The van der Waals surface area contributed by atoms with E-state index in [1.54, 1.807) is 7.11 Å².